The molecular weight excluding hydrogens is 264 g/mol. The summed E-state index contributed by atoms with van der Waals surface area (Å²) in [6.45, 7) is 7.02. The van der Waals surface area contributed by atoms with Gasteiger partial charge in [0.15, 0.2) is 0 Å². The lowest BCUT2D eigenvalue weighted by Gasteiger charge is -2.34. The van der Waals surface area contributed by atoms with Crippen LogP contribution in [0.2, 0.25) is 0 Å². The first-order valence-electron chi connectivity index (χ1n) is 7.58. The zero-order valence-corrected chi connectivity index (χ0v) is 12.4. The number of H-pyrrole nitrogens is 1. The van der Waals surface area contributed by atoms with Gasteiger partial charge in [-0.15, -0.1) is 0 Å². The van der Waals surface area contributed by atoms with Gasteiger partial charge in [0.05, 0.1) is 0 Å². The Kier molecular flexibility index (Phi) is 4.10. The molecule has 0 aliphatic carbocycles. The van der Waals surface area contributed by atoms with Gasteiger partial charge in [-0.3, -0.25) is 4.90 Å². The highest BCUT2D eigenvalue weighted by atomic mass is 16.2. The summed E-state index contributed by atoms with van der Waals surface area (Å²) < 4.78 is 0. The molecule has 1 aromatic carbocycles. The third-order valence-corrected chi connectivity index (χ3v) is 4.06. The maximum atomic E-state index is 11.8. The molecule has 5 heteroatoms. The number of aromatic nitrogens is 1. The van der Waals surface area contributed by atoms with Crippen molar-refractivity contribution < 1.29 is 4.79 Å². The van der Waals surface area contributed by atoms with Crippen LogP contribution >= 0.6 is 0 Å². The molecule has 0 atom stereocenters. The molecule has 2 aromatic rings. The minimum absolute atomic E-state index is 0.0589. The maximum absolute atomic E-state index is 11.8. The lowest BCUT2D eigenvalue weighted by Crippen LogP contribution is -2.51. The largest absolute Gasteiger partial charge is 0.361 e. The molecule has 2 N–H and O–H groups in total. The third kappa shape index (κ3) is 3.03. The number of para-hydroxylation sites is 1. The second-order valence-corrected chi connectivity index (χ2v) is 5.46. The molecule has 0 unspecified atom stereocenters. The zero-order valence-electron chi connectivity index (χ0n) is 12.4. The smallest absolute Gasteiger partial charge is 0.317 e. The van der Waals surface area contributed by atoms with E-state index in [2.05, 4.69) is 39.5 Å². The van der Waals surface area contributed by atoms with Gasteiger partial charge < -0.3 is 15.2 Å². The fraction of sp³-hybridized carbons (Fsp3) is 0.438. The van der Waals surface area contributed by atoms with E-state index >= 15 is 0 Å². The molecule has 3 rings (SSSR count). The van der Waals surface area contributed by atoms with E-state index in [1.807, 2.05) is 18.0 Å². The van der Waals surface area contributed by atoms with E-state index < -0.39 is 0 Å². The van der Waals surface area contributed by atoms with Crippen LogP contribution in [0.3, 0.4) is 0 Å². The number of piperazine rings is 1. The number of carbonyl (C=O) groups excluding carboxylic acids is 1. The van der Waals surface area contributed by atoms with Crippen LogP contribution < -0.4 is 5.32 Å². The molecule has 0 spiro atoms. The summed E-state index contributed by atoms with van der Waals surface area (Å²) >= 11 is 0. The molecule has 0 bridgehead atoms. The summed E-state index contributed by atoms with van der Waals surface area (Å²) in [7, 11) is 0. The summed E-state index contributed by atoms with van der Waals surface area (Å²) in [6, 6.07) is 8.57. The molecule has 2 amide bonds. The molecule has 5 nitrogen and oxygen atoms in total. The van der Waals surface area contributed by atoms with E-state index in [1.54, 1.807) is 0 Å². The first kappa shape index (κ1) is 13.9. The van der Waals surface area contributed by atoms with Crippen LogP contribution in [0.25, 0.3) is 10.9 Å². The maximum Gasteiger partial charge on any atom is 0.317 e. The number of nitrogens with one attached hydrogen (secondary N) is 2. The SMILES string of the molecule is CCNC(=O)N1CCN(Cc2cccc3cc[nH]c23)CC1. The van der Waals surface area contributed by atoms with Crippen molar-refractivity contribution in [1.82, 2.24) is 20.1 Å². The minimum Gasteiger partial charge on any atom is -0.361 e. The number of aromatic amines is 1. The molecule has 21 heavy (non-hydrogen) atoms. The predicted molar refractivity (Wildman–Crippen MR) is 84.2 cm³/mol. The van der Waals surface area contributed by atoms with Crippen molar-refractivity contribution in [3.05, 3.63) is 36.0 Å². The molecule has 0 radical (unpaired) electrons. The lowest BCUT2D eigenvalue weighted by molar-refractivity contribution is 0.136. The second-order valence-electron chi connectivity index (χ2n) is 5.46. The van der Waals surface area contributed by atoms with Gasteiger partial charge in [-0.05, 0) is 23.9 Å². The van der Waals surface area contributed by atoms with E-state index in [-0.39, 0.29) is 6.03 Å². The monoisotopic (exact) mass is 286 g/mol. The number of urea groups is 1. The first-order chi connectivity index (χ1) is 10.3. The summed E-state index contributed by atoms with van der Waals surface area (Å²) in [5.41, 5.74) is 2.55. The van der Waals surface area contributed by atoms with E-state index in [1.165, 1.54) is 16.5 Å². The number of amides is 2. The quantitative estimate of drug-likeness (QED) is 0.907. The van der Waals surface area contributed by atoms with Crippen molar-refractivity contribution in [2.75, 3.05) is 32.7 Å². The molecule has 1 aliphatic heterocycles. The fourth-order valence-electron chi connectivity index (χ4n) is 2.89. The molecular formula is C16H22N4O. The standard InChI is InChI=1S/C16H22N4O/c1-2-17-16(21)20-10-8-19(9-11-20)12-14-5-3-4-13-6-7-18-15(13)14/h3-7,18H,2,8-12H2,1H3,(H,17,21). The Morgan fingerprint density at radius 3 is 2.81 bits per heavy atom. The van der Waals surface area contributed by atoms with E-state index in [0.717, 1.165) is 32.7 Å². The van der Waals surface area contributed by atoms with Gasteiger partial charge in [0.2, 0.25) is 0 Å². The highest BCUT2D eigenvalue weighted by Gasteiger charge is 2.20. The van der Waals surface area contributed by atoms with Gasteiger partial charge in [0.25, 0.3) is 0 Å². The highest BCUT2D eigenvalue weighted by Crippen LogP contribution is 2.19. The van der Waals surface area contributed by atoms with Crippen molar-refractivity contribution in [2.24, 2.45) is 0 Å². The number of hydrogen-bond acceptors (Lipinski definition) is 2. The van der Waals surface area contributed by atoms with Gasteiger partial charge in [0, 0.05) is 51.0 Å². The van der Waals surface area contributed by atoms with Gasteiger partial charge in [-0.1, -0.05) is 18.2 Å². The van der Waals surface area contributed by atoms with Crippen LogP contribution in [0.5, 0.6) is 0 Å². The minimum atomic E-state index is 0.0589. The van der Waals surface area contributed by atoms with E-state index in [0.29, 0.717) is 6.54 Å². The Labute approximate surface area is 124 Å². The number of rotatable bonds is 3. The van der Waals surface area contributed by atoms with E-state index in [4.69, 9.17) is 0 Å². The number of hydrogen-bond donors (Lipinski definition) is 2. The first-order valence-corrected chi connectivity index (χ1v) is 7.58. The van der Waals surface area contributed by atoms with Crippen LogP contribution in [0.15, 0.2) is 30.5 Å². The molecule has 1 aromatic heterocycles. The number of carbonyl (C=O) groups is 1. The molecule has 112 valence electrons. The summed E-state index contributed by atoms with van der Waals surface area (Å²) in [5.74, 6) is 0. The lowest BCUT2D eigenvalue weighted by atomic mass is 10.1. The third-order valence-electron chi connectivity index (χ3n) is 4.06. The molecule has 1 saturated heterocycles. The van der Waals surface area contributed by atoms with Gasteiger partial charge in [0.1, 0.15) is 0 Å². The molecule has 0 saturated carbocycles. The van der Waals surface area contributed by atoms with Gasteiger partial charge >= 0.3 is 6.03 Å². The summed E-state index contributed by atoms with van der Waals surface area (Å²) in [6.07, 6.45) is 1.99. The zero-order chi connectivity index (χ0) is 14.7. The van der Waals surface area contributed by atoms with Crippen molar-refractivity contribution in [3.63, 3.8) is 0 Å². The summed E-state index contributed by atoms with van der Waals surface area (Å²) in [4.78, 5) is 19.4. The number of fused-ring (bicyclic) bond motifs is 1. The normalized spacial score (nSPS) is 16.3. The van der Waals surface area contributed by atoms with Crippen LogP contribution in [-0.4, -0.2) is 53.5 Å². The van der Waals surface area contributed by atoms with Crippen molar-refractivity contribution in [3.8, 4) is 0 Å². The number of nitrogens with zero attached hydrogens (tertiary/aromatic N) is 2. The number of benzene rings is 1. The second kappa shape index (κ2) is 6.18. The highest BCUT2D eigenvalue weighted by molar-refractivity contribution is 5.82. The molecule has 2 heterocycles. The Morgan fingerprint density at radius 1 is 1.24 bits per heavy atom. The Bertz CT molecular complexity index is 614. The molecule has 1 aliphatic rings. The Balaban J connectivity index is 1.60. The van der Waals surface area contributed by atoms with Crippen LogP contribution in [0.1, 0.15) is 12.5 Å². The van der Waals surface area contributed by atoms with Crippen LogP contribution in [0, 0.1) is 0 Å². The van der Waals surface area contributed by atoms with Gasteiger partial charge in [-0.2, -0.15) is 0 Å². The Hall–Kier alpha value is -2.01. The van der Waals surface area contributed by atoms with Crippen LogP contribution in [0.4, 0.5) is 4.79 Å². The predicted octanol–water partition coefficient (Wildman–Crippen LogP) is 2.01. The van der Waals surface area contributed by atoms with Crippen LogP contribution in [-0.2, 0) is 6.54 Å². The molecule has 1 fully saturated rings. The summed E-state index contributed by atoms with van der Waals surface area (Å²) in [5, 5.41) is 4.12. The van der Waals surface area contributed by atoms with Crippen molar-refractivity contribution in [1.29, 1.82) is 0 Å². The van der Waals surface area contributed by atoms with Crippen molar-refractivity contribution in [2.45, 2.75) is 13.5 Å². The average Bonchev–Trinajstić information content (AvgIpc) is 2.98. The van der Waals surface area contributed by atoms with Crippen molar-refractivity contribution >= 4 is 16.9 Å². The van der Waals surface area contributed by atoms with Gasteiger partial charge in [-0.25, -0.2) is 4.79 Å². The van der Waals surface area contributed by atoms with E-state index in [9.17, 15) is 4.79 Å². The fourth-order valence-corrected chi connectivity index (χ4v) is 2.89. The topological polar surface area (TPSA) is 51.4 Å². The Morgan fingerprint density at radius 2 is 2.05 bits per heavy atom. The average molecular weight is 286 g/mol.